The number of amides is 1. The van der Waals surface area contributed by atoms with E-state index in [0.29, 0.717) is 0 Å². The van der Waals surface area contributed by atoms with Crippen LogP contribution in [0.1, 0.15) is 47.3 Å². The van der Waals surface area contributed by atoms with E-state index in [1.807, 2.05) is 0 Å². The van der Waals surface area contributed by atoms with Gasteiger partial charge in [-0.3, -0.25) is 4.79 Å². The Hall–Kier alpha value is -1.61. The van der Waals surface area contributed by atoms with E-state index in [-0.39, 0.29) is 11.3 Å². The van der Waals surface area contributed by atoms with Gasteiger partial charge in [0.05, 0.1) is 5.41 Å². The molecule has 1 saturated carbocycles. The zero-order valence-corrected chi connectivity index (χ0v) is 14.3. The third-order valence-corrected chi connectivity index (χ3v) is 5.87. The van der Waals surface area contributed by atoms with E-state index in [1.165, 1.54) is 10.4 Å². The summed E-state index contributed by atoms with van der Waals surface area (Å²) in [7, 11) is 0. The first kappa shape index (κ1) is 15.3. The summed E-state index contributed by atoms with van der Waals surface area (Å²) in [6, 6.07) is 8.43. The van der Waals surface area contributed by atoms with Crippen LogP contribution in [-0.4, -0.2) is 5.91 Å². The molecule has 1 N–H and O–H groups in total. The topological polar surface area (TPSA) is 29.1 Å². The molecule has 22 heavy (non-hydrogen) atoms. The summed E-state index contributed by atoms with van der Waals surface area (Å²) in [6.07, 6.45) is 4.20. The van der Waals surface area contributed by atoms with Crippen molar-refractivity contribution in [2.75, 3.05) is 5.32 Å². The van der Waals surface area contributed by atoms with Gasteiger partial charge in [0, 0.05) is 10.6 Å². The highest BCUT2D eigenvalue weighted by Crippen LogP contribution is 2.44. The van der Waals surface area contributed by atoms with Crippen LogP contribution in [0.25, 0.3) is 0 Å². The van der Waals surface area contributed by atoms with Gasteiger partial charge in [-0.25, -0.2) is 0 Å². The highest BCUT2D eigenvalue weighted by atomic mass is 32.1. The Bertz CT molecular complexity index is 658. The third-order valence-electron chi connectivity index (χ3n) is 4.80. The van der Waals surface area contributed by atoms with Crippen LogP contribution in [0.4, 0.5) is 5.69 Å². The van der Waals surface area contributed by atoms with Crippen molar-refractivity contribution in [2.24, 2.45) is 0 Å². The van der Waals surface area contributed by atoms with Gasteiger partial charge < -0.3 is 5.32 Å². The predicted octanol–water partition coefficient (Wildman–Crippen LogP) is 5.12. The molecule has 0 atom stereocenters. The largest absolute Gasteiger partial charge is 0.325 e. The number of hydrogen-bond acceptors (Lipinski definition) is 2. The van der Waals surface area contributed by atoms with Crippen LogP contribution in [-0.2, 0) is 10.2 Å². The Balaban J connectivity index is 1.94. The SMILES string of the molecule is Cc1cc(C)c(NC(=O)C2(c3cccs3)CCCC2)c(C)c1. The molecule has 1 amide bonds. The molecule has 0 bridgehead atoms. The minimum absolute atomic E-state index is 0.169. The molecule has 0 spiro atoms. The van der Waals surface area contributed by atoms with Crippen molar-refractivity contribution in [2.45, 2.75) is 51.9 Å². The van der Waals surface area contributed by atoms with E-state index < -0.39 is 0 Å². The number of carbonyl (C=O) groups excluding carboxylic acids is 1. The van der Waals surface area contributed by atoms with Crippen molar-refractivity contribution in [3.8, 4) is 0 Å². The van der Waals surface area contributed by atoms with Gasteiger partial charge in [-0.15, -0.1) is 11.3 Å². The predicted molar refractivity (Wildman–Crippen MR) is 93.7 cm³/mol. The zero-order valence-electron chi connectivity index (χ0n) is 13.5. The third kappa shape index (κ3) is 2.58. The first-order valence-corrected chi connectivity index (χ1v) is 8.84. The summed E-state index contributed by atoms with van der Waals surface area (Å²) < 4.78 is 0. The molecule has 2 nitrogen and oxygen atoms in total. The van der Waals surface area contributed by atoms with E-state index in [2.05, 4.69) is 55.7 Å². The lowest BCUT2D eigenvalue weighted by Gasteiger charge is -2.27. The summed E-state index contributed by atoms with van der Waals surface area (Å²) in [5, 5.41) is 5.32. The summed E-state index contributed by atoms with van der Waals surface area (Å²) in [5.41, 5.74) is 4.19. The second kappa shape index (κ2) is 5.88. The number of benzene rings is 1. The Morgan fingerprint density at radius 1 is 1.14 bits per heavy atom. The van der Waals surface area contributed by atoms with Crippen LogP contribution in [0.3, 0.4) is 0 Å². The van der Waals surface area contributed by atoms with E-state index in [4.69, 9.17) is 0 Å². The molecule has 1 aromatic carbocycles. The van der Waals surface area contributed by atoms with Crippen molar-refractivity contribution in [3.05, 3.63) is 51.2 Å². The Morgan fingerprint density at radius 2 is 1.77 bits per heavy atom. The molecule has 1 aromatic heterocycles. The first-order chi connectivity index (χ1) is 10.5. The number of anilines is 1. The van der Waals surface area contributed by atoms with Gasteiger partial charge in [-0.1, -0.05) is 36.6 Å². The molecule has 116 valence electrons. The van der Waals surface area contributed by atoms with Crippen LogP contribution >= 0.6 is 11.3 Å². The van der Waals surface area contributed by atoms with Crippen molar-refractivity contribution in [3.63, 3.8) is 0 Å². The van der Waals surface area contributed by atoms with Gasteiger partial charge in [-0.2, -0.15) is 0 Å². The lowest BCUT2D eigenvalue weighted by molar-refractivity contribution is -0.121. The summed E-state index contributed by atoms with van der Waals surface area (Å²) >= 11 is 1.71. The molecule has 1 aliphatic carbocycles. The molecule has 1 aliphatic rings. The Kier molecular flexibility index (Phi) is 4.09. The standard InChI is InChI=1S/C19H23NOS/c1-13-11-14(2)17(15(3)12-13)20-18(21)19(8-4-5-9-19)16-7-6-10-22-16/h6-7,10-12H,4-5,8-9H2,1-3H3,(H,20,21). The highest BCUT2D eigenvalue weighted by molar-refractivity contribution is 7.10. The second-order valence-electron chi connectivity index (χ2n) is 6.49. The van der Waals surface area contributed by atoms with E-state index >= 15 is 0 Å². The normalized spacial score (nSPS) is 16.7. The lowest BCUT2D eigenvalue weighted by Crippen LogP contribution is -2.37. The van der Waals surface area contributed by atoms with Crippen molar-refractivity contribution < 1.29 is 4.79 Å². The van der Waals surface area contributed by atoms with Gasteiger partial charge >= 0.3 is 0 Å². The molecule has 2 aromatic rings. The molecule has 1 heterocycles. The van der Waals surface area contributed by atoms with Gasteiger partial charge in [-0.05, 0) is 56.2 Å². The molecular formula is C19H23NOS. The summed E-state index contributed by atoms with van der Waals surface area (Å²) in [4.78, 5) is 14.3. The number of aryl methyl sites for hydroxylation is 3. The van der Waals surface area contributed by atoms with Gasteiger partial charge in [0.25, 0.3) is 0 Å². The van der Waals surface area contributed by atoms with Crippen LogP contribution in [0.2, 0.25) is 0 Å². The Morgan fingerprint density at radius 3 is 2.32 bits per heavy atom. The zero-order chi connectivity index (χ0) is 15.7. The fourth-order valence-electron chi connectivity index (χ4n) is 3.73. The number of thiophene rings is 1. The van der Waals surface area contributed by atoms with E-state index in [9.17, 15) is 4.79 Å². The average Bonchev–Trinajstić information content (AvgIpc) is 3.13. The van der Waals surface area contributed by atoms with E-state index in [0.717, 1.165) is 42.5 Å². The van der Waals surface area contributed by atoms with Gasteiger partial charge in [0.1, 0.15) is 0 Å². The van der Waals surface area contributed by atoms with Crippen LogP contribution < -0.4 is 5.32 Å². The molecule has 3 rings (SSSR count). The monoisotopic (exact) mass is 313 g/mol. The van der Waals surface area contributed by atoms with Crippen LogP contribution in [0, 0.1) is 20.8 Å². The quantitative estimate of drug-likeness (QED) is 0.837. The number of rotatable bonds is 3. The average molecular weight is 313 g/mol. The maximum atomic E-state index is 13.1. The minimum Gasteiger partial charge on any atom is -0.325 e. The van der Waals surface area contributed by atoms with E-state index in [1.54, 1.807) is 11.3 Å². The van der Waals surface area contributed by atoms with Crippen molar-refractivity contribution in [1.82, 2.24) is 0 Å². The fourth-order valence-corrected chi connectivity index (χ4v) is 4.71. The highest BCUT2D eigenvalue weighted by Gasteiger charge is 2.43. The first-order valence-electron chi connectivity index (χ1n) is 7.96. The lowest BCUT2D eigenvalue weighted by atomic mass is 9.83. The van der Waals surface area contributed by atoms with Crippen molar-refractivity contribution >= 4 is 22.9 Å². The number of hydrogen-bond donors (Lipinski definition) is 1. The molecule has 0 radical (unpaired) electrons. The summed E-state index contributed by atoms with van der Waals surface area (Å²) in [5.74, 6) is 0.169. The van der Waals surface area contributed by atoms with Crippen LogP contribution in [0.15, 0.2) is 29.6 Å². The second-order valence-corrected chi connectivity index (χ2v) is 7.44. The molecule has 0 unspecified atom stereocenters. The molecular weight excluding hydrogens is 290 g/mol. The van der Waals surface area contributed by atoms with Crippen molar-refractivity contribution in [1.29, 1.82) is 0 Å². The minimum atomic E-state index is -0.321. The number of nitrogens with one attached hydrogen (secondary N) is 1. The van der Waals surface area contributed by atoms with Gasteiger partial charge in [0.2, 0.25) is 5.91 Å². The molecule has 0 aliphatic heterocycles. The molecule has 3 heteroatoms. The van der Waals surface area contributed by atoms with Crippen LogP contribution in [0.5, 0.6) is 0 Å². The molecule has 1 fully saturated rings. The smallest absolute Gasteiger partial charge is 0.235 e. The molecule has 0 saturated heterocycles. The summed E-state index contributed by atoms with van der Waals surface area (Å²) in [6.45, 7) is 6.24. The maximum absolute atomic E-state index is 13.1. The fraction of sp³-hybridized carbons (Fsp3) is 0.421. The Labute approximate surface area is 136 Å². The maximum Gasteiger partial charge on any atom is 0.235 e. The number of carbonyl (C=O) groups is 1. The van der Waals surface area contributed by atoms with Gasteiger partial charge in [0.15, 0.2) is 0 Å².